The summed E-state index contributed by atoms with van der Waals surface area (Å²) in [5.41, 5.74) is -0.0451. The van der Waals surface area contributed by atoms with Crippen LogP contribution in [0.15, 0.2) is 12.1 Å². The lowest BCUT2D eigenvalue weighted by atomic mass is 10.1. The van der Waals surface area contributed by atoms with Gasteiger partial charge in [-0.1, -0.05) is 0 Å². The molecule has 1 N–H and O–H groups in total. The van der Waals surface area contributed by atoms with Gasteiger partial charge in [-0.15, -0.1) is 0 Å². The Morgan fingerprint density at radius 1 is 1.38 bits per heavy atom. The summed E-state index contributed by atoms with van der Waals surface area (Å²) in [5.74, 6) is -1.63. The Kier molecular flexibility index (Phi) is 3.10. The van der Waals surface area contributed by atoms with Gasteiger partial charge in [-0.3, -0.25) is 0 Å². The van der Waals surface area contributed by atoms with Crippen molar-refractivity contribution in [3.05, 3.63) is 29.3 Å². The first-order valence-electron chi connectivity index (χ1n) is 5.38. The van der Waals surface area contributed by atoms with Crippen LogP contribution in [0.5, 0.6) is 5.75 Å². The summed E-state index contributed by atoms with van der Waals surface area (Å²) in [4.78, 5) is 0. The van der Waals surface area contributed by atoms with E-state index in [2.05, 4.69) is 0 Å². The summed E-state index contributed by atoms with van der Waals surface area (Å²) in [7, 11) is 0. The number of aliphatic hydroxyl groups is 1. The quantitative estimate of drug-likeness (QED) is 0.858. The average Bonchev–Trinajstić information content (AvgIpc) is 3.03. The standard InChI is InChI=1S/C12H14F2O2/c1-7(15)9-4-5-10(12(14)11(9)13)16-6-8-2-3-8/h4-5,7-8,15H,2-3,6H2,1H3. The maximum absolute atomic E-state index is 13.5. The molecule has 1 atom stereocenters. The van der Waals surface area contributed by atoms with Crippen LogP contribution in [0.25, 0.3) is 0 Å². The molecule has 88 valence electrons. The van der Waals surface area contributed by atoms with E-state index < -0.39 is 17.7 Å². The van der Waals surface area contributed by atoms with Crippen molar-refractivity contribution in [2.75, 3.05) is 6.61 Å². The van der Waals surface area contributed by atoms with Crippen LogP contribution in [0.1, 0.15) is 31.4 Å². The van der Waals surface area contributed by atoms with Crippen molar-refractivity contribution in [1.29, 1.82) is 0 Å². The van der Waals surface area contributed by atoms with E-state index in [1.807, 2.05) is 0 Å². The van der Waals surface area contributed by atoms with Gasteiger partial charge in [-0.25, -0.2) is 4.39 Å². The maximum atomic E-state index is 13.5. The lowest BCUT2D eigenvalue weighted by molar-refractivity contribution is 0.191. The van der Waals surface area contributed by atoms with Gasteiger partial charge in [-0.2, -0.15) is 4.39 Å². The number of hydrogen-bond acceptors (Lipinski definition) is 2. The Morgan fingerprint density at radius 3 is 2.62 bits per heavy atom. The molecule has 1 aliphatic rings. The van der Waals surface area contributed by atoms with Gasteiger partial charge in [0.25, 0.3) is 0 Å². The van der Waals surface area contributed by atoms with Crippen molar-refractivity contribution >= 4 is 0 Å². The van der Waals surface area contributed by atoms with Crippen molar-refractivity contribution in [1.82, 2.24) is 0 Å². The van der Waals surface area contributed by atoms with Crippen LogP contribution in [0.3, 0.4) is 0 Å². The molecule has 1 aromatic carbocycles. The van der Waals surface area contributed by atoms with Gasteiger partial charge < -0.3 is 9.84 Å². The van der Waals surface area contributed by atoms with Crippen LogP contribution in [-0.2, 0) is 0 Å². The lowest BCUT2D eigenvalue weighted by Crippen LogP contribution is -2.05. The van der Waals surface area contributed by atoms with Crippen LogP contribution < -0.4 is 4.74 Å². The number of rotatable bonds is 4. The molecular formula is C12H14F2O2. The van der Waals surface area contributed by atoms with Gasteiger partial charge in [-0.05, 0) is 37.8 Å². The molecule has 0 bridgehead atoms. The molecule has 1 unspecified atom stereocenters. The van der Waals surface area contributed by atoms with Crippen LogP contribution in [0, 0.1) is 17.6 Å². The summed E-state index contributed by atoms with van der Waals surface area (Å²) in [6.45, 7) is 1.83. The zero-order valence-electron chi connectivity index (χ0n) is 9.04. The fraction of sp³-hybridized carbons (Fsp3) is 0.500. The monoisotopic (exact) mass is 228 g/mol. The lowest BCUT2D eigenvalue weighted by Gasteiger charge is -2.11. The predicted molar refractivity (Wildman–Crippen MR) is 55.2 cm³/mol. The minimum atomic E-state index is -1.02. The highest BCUT2D eigenvalue weighted by Crippen LogP contribution is 2.31. The fourth-order valence-electron chi connectivity index (χ4n) is 1.47. The SMILES string of the molecule is CC(O)c1ccc(OCC2CC2)c(F)c1F. The van der Waals surface area contributed by atoms with Crippen molar-refractivity contribution in [3.63, 3.8) is 0 Å². The van der Waals surface area contributed by atoms with E-state index in [-0.39, 0.29) is 11.3 Å². The molecule has 0 saturated heterocycles. The molecule has 1 fully saturated rings. The highest BCUT2D eigenvalue weighted by molar-refractivity contribution is 5.32. The zero-order chi connectivity index (χ0) is 11.7. The smallest absolute Gasteiger partial charge is 0.200 e. The maximum Gasteiger partial charge on any atom is 0.200 e. The highest BCUT2D eigenvalue weighted by atomic mass is 19.2. The molecule has 0 heterocycles. The zero-order valence-corrected chi connectivity index (χ0v) is 9.04. The van der Waals surface area contributed by atoms with E-state index >= 15 is 0 Å². The fourth-order valence-corrected chi connectivity index (χ4v) is 1.47. The first kappa shape index (κ1) is 11.3. The van der Waals surface area contributed by atoms with E-state index in [0.717, 1.165) is 12.8 Å². The van der Waals surface area contributed by atoms with Crippen molar-refractivity contribution < 1.29 is 18.6 Å². The molecule has 1 saturated carbocycles. The van der Waals surface area contributed by atoms with Gasteiger partial charge in [0, 0.05) is 5.56 Å². The molecule has 16 heavy (non-hydrogen) atoms. The van der Waals surface area contributed by atoms with Crippen LogP contribution in [0.2, 0.25) is 0 Å². The van der Waals surface area contributed by atoms with E-state index in [0.29, 0.717) is 12.5 Å². The average molecular weight is 228 g/mol. The first-order chi connectivity index (χ1) is 7.59. The van der Waals surface area contributed by atoms with Gasteiger partial charge in [0.15, 0.2) is 11.6 Å². The third-order valence-corrected chi connectivity index (χ3v) is 2.70. The van der Waals surface area contributed by atoms with Crippen LogP contribution >= 0.6 is 0 Å². The van der Waals surface area contributed by atoms with E-state index in [1.54, 1.807) is 0 Å². The van der Waals surface area contributed by atoms with Crippen molar-refractivity contribution in [2.45, 2.75) is 25.9 Å². The number of ether oxygens (including phenoxy) is 1. The molecule has 4 heteroatoms. The number of hydrogen-bond donors (Lipinski definition) is 1. The number of benzene rings is 1. The normalized spacial score (nSPS) is 17.2. The van der Waals surface area contributed by atoms with Crippen LogP contribution in [0.4, 0.5) is 8.78 Å². The molecule has 1 aliphatic carbocycles. The Morgan fingerprint density at radius 2 is 2.06 bits per heavy atom. The number of halogens is 2. The van der Waals surface area contributed by atoms with E-state index in [4.69, 9.17) is 4.74 Å². The third kappa shape index (κ3) is 2.32. The van der Waals surface area contributed by atoms with Crippen molar-refractivity contribution in [2.24, 2.45) is 5.92 Å². The predicted octanol–water partition coefficient (Wildman–Crippen LogP) is 2.81. The Hall–Kier alpha value is -1.16. The second-order valence-electron chi connectivity index (χ2n) is 4.21. The molecule has 2 rings (SSSR count). The molecule has 1 aromatic rings. The second kappa shape index (κ2) is 4.37. The molecular weight excluding hydrogens is 214 g/mol. The minimum absolute atomic E-state index is 0.0451. The molecule has 0 spiro atoms. The van der Waals surface area contributed by atoms with E-state index in [1.165, 1.54) is 19.1 Å². The second-order valence-corrected chi connectivity index (χ2v) is 4.21. The van der Waals surface area contributed by atoms with Crippen LogP contribution in [-0.4, -0.2) is 11.7 Å². The molecule has 2 nitrogen and oxygen atoms in total. The summed E-state index contributed by atoms with van der Waals surface area (Å²) in [5, 5.41) is 9.20. The summed E-state index contributed by atoms with van der Waals surface area (Å²) >= 11 is 0. The van der Waals surface area contributed by atoms with Gasteiger partial charge >= 0.3 is 0 Å². The Labute approximate surface area is 92.9 Å². The molecule has 0 radical (unpaired) electrons. The largest absolute Gasteiger partial charge is 0.490 e. The van der Waals surface area contributed by atoms with Gasteiger partial charge in [0.1, 0.15) is 0 Å². The molecule has 0 amide bonds. The van der Waals surface area contributed by atoms with E-state index in [9.17, 15) is 13.9 Å². The summed E-state index contributed by atoms with van der Waals surface area (Å²) in [6, 6.07) is 2.72. The minimum Gasteiger partial charge on any atom is -0.490 e. The Balaban J connectivity index is 2.16. The number of aliphatic hydroxyl groups excluding tert-OH is 1. The molecule has 0 aliphatic heterocycles. The van der Waals surface area contributed by atoms with Gasteiger partial charge in [0.05, 0.1) is 12.7 Å². The summed E-state index contributed by atoms with van der Waals surface area (Å²) in [6.07, 6.45) is 1.16. The Bertz CT molecular complexity index is 387. The first-order valence-corrected chi connectivity index (χ1v) is 5.38. The highest BCUT2D eigenvalue weighted by Gasteiger charge is 2.23. The topological polar surface area (TPSA) is 29.5 Å². The summed E-state index contributed by atoms with van der Waals surface area (Å²) < 4.78 is 32.1. The van der Waals surface area contributed by atoms with Gasteiger partial charge in [0.2, 0.25) is 5.82 Å². The third-order valence-electron chi connectivity index (χ3n) is 2.70. The van der Waals surface area contributed by atoms with Crippen molar-refractivity contribution in [3.8, 4) is 5.75 Å². The molecule has 0 aromatic heterocycles.